The molecule has 0 bridgehead atoms. The normalized spacial score (nSPS) is 13.3. The average Bonchev–Trinajstić information content (AvgIpc) is 2.54. The van der Waals surface area contributed by atoms with Crippen molar-refractivity contribution in [1.29, 1.82) is 0 Å². The zero-order valence-electron chi connectivity index (χ0n) is 12.1. The molecule has 0 amide bonds. The SMILES string of the molecule is Cn1c(C(C)(C)C)nc2ccc(C(C)(C)O)cc21. The van der Waals surface area contributed by atoms with E-state index >= 15 is 0 Å². The van der Waals surface area contributed by atoms with Crippen molar-refractivity contribution in [3.05, 3.63) is 29.6 Å². The second kappa shape index (κ2) is 3.82. The van der Waals surface area contributed by atoms with Crippen LogP contribution in [0.5, 0.6) is 0 Å². The number of fused-ring (bicyclic) bond motifs is 1. The van der Waals surface area contributed by atoms with Crippen molar-refractivity contribution in [2.75, 3.05) is 0 Å². The molecular formula is C15H22N2O. The van der Waals surface area contributed by atoms with Gasteiger partial charge in [-0.15, -0.1) is 0 Å². The van der Waals surface area contributed by atoms with Crippen LogP contribution in [0.1, 0.15) is 46.0 Å². The minimum atomic E-state index is -0.819. The lowest BCUT2D eigenvalue weighted by Crippen LogP contribution is -2.17. The van der Waals surface area contributed by atoms with E-state index < -0.39 is 5.60 Å². The second-order valence-corrected chi connectivity index (χ2v) is 6.51. The summed E-state index contributed by atoms with van der Waals surface area (Å²) in [5, 5.41) is 10.1. The lowest BCUT2D eigenvalue weighted by molar-refractivity contribution is 0.0787. The summed E-state index contributed by atoms with van der Waals surface area (Å²) >= 11 is 0. The molecule has 3 heteroatoms. The van der Waals surface area contributed by atoms with Gasteiger partial charge in [0.1, 0.15) is 5.82 Å². The first-order chi connectivity index (χ1) is 8.10. The van der Waals surface area contributed by atoms with E-state index in [1.807, 2.05) is 25.2 Å². The Bertz CT molecular complexity index is 583. The molecule has 0 aliphatic carbocycles. The minimum Gasteiger partial charge on any atom is -0.386 e. The smallest absolute Gasteiger partial charge is 0.115 e. The number of hydrogen-bond donors (Lipinski definition) is 1. The highest BCUT2D eigenvalue weighted by Gasteiger charge is 2.23. The summed E-state index contributed by atoms with van der Waals surface area (Å²) in [4.78, 5) is 4.69. The van der Waals surface area contributed by atoms with Crippen molar-refractivity contribution < 1.29 is 5.11 Å². The summed E-state index contributed by atoms with van der Waals surface area (Å²) in [6.07, 6.45) is 0. The molecule has 1 heterocycles. The van der Waals surface area contributed by atoms with Gasteiger partial charge in [0, 0.05) is 12.5 Å². The topological polar surface area (TPSA) is 38.0 Å². The van der Waals surface area contributed by atoms with Crippen LogP contribution in [0.4, 0.5) is 0 Å². The molecule has 2 aromatic rings. The van der Waals surface area contributed by atoms with Gasteiger partial charge in [-0.05, 0) is 31.5 Å². The molecule has 0 aliphatic heterocycles. The van der Waals surface area contributed by atoms with E-state index in [1.54, 1.807) is 13.8 Å². The first kappa shape index (κ1) is 13.1. The Balaban J connectivity index is 2.68. The summed E-state index contributed by atoms with van der Waals surface area (Å²) in [7, 11) is 2.03. The highest BCUT2D eigenvalue weighted by atomic mass is 16.3. The molecule has 1 aromatic carbocycles. The predicted octanol–water partition coefficient (Wildman–Crippen LogP) is 3.10. The van der Waals surface area contributed by atoms with Crippen molar-refractivity contribution in [1.82, 2.24) is 9.55 Å². The Kier molecular flexibility index (Phi) is 2.78. The summed E-state index contributed by atoms with van der Waals surface area (Å²) in [5.41, 5.74) is 2.16. The molecule has 0 spiro atoms. The molecule has 2 rings (SSSR count). The molecule has 18 heavy (non-hydrogen) atoms. The number of imidazole rings is 1. The number of rotatable bonds is 1. The number of nitrogens with zero attached hydrogens (tertiary/aromatic N) is 2. The van der Waals surface area contributed by atoms with Gasteiger partial charge in [0.25, 0.3) is 0 Å². The van der Waals surface area contributed by atoms with Gasteiger partial charge in [-0.2, -0.15) is 0 Å². The molecule has 3 nitrogen and oxygen atoms in total. The van der Waals surface area contributed by atoms with Crippen molar-refractivity contribution in [3.63, 3.8) is 0 Å². The zero-order valence-corrected chi connectivity index (χ0v) is 12.1. The van der Waals surface area contributed by atoms with E-state index in [4.69, 9.17) is 0 Å². The van der Waals surface area contributed by atoms with Crippen LogP contribution in [0.15, 0.2) is 18.2 Å². The molecule has 0 saturated carbocycles. The summed E-state index contributed by atoms with van der Waals surface area (Å²) in [6, 6.07) is 5.96. The van der Waals surface area contributed by atoms with Crippen molar-refractivity contribution in [2.45, 2.75) is 45.6 Å². The Morgan fingerprint density at radius 2 is 1.72 bits per heavy atom. The van der Waals surface area contributed by atoms with Crippen LogP contribution in [0, 0.1) is 0 Å². The number of aryl methyl sites for hydroxylation is 1. The monoisotopic (exact) mass is 246 g/mol. The van der Waals surface area contributed by atoms with Gasteiger partial charge >= 0.3 is 0 Å². The Morgan fingerprint density at radius 3 is 2.22 bits per heavy atom. The van der Waals surface area contributed by atoms with Gasteiger partial charge in [0.05, 0.1) is 16.6 Å². The average molecular weight is 246 g/mol. The molecule has 1 N–H and O–H groups in total. The number of hydrogen-bond acceptors (Lipinski definition) is 2. The first-order valence-electron chi connectivity index (χ1n) is 6.30. The quantitative estimate of drug-likeness (QED) is 0.839. The second-order valence-electron chi connectivity index (χ2n) is 6.51. The van der Waals surface area contributed by atoms with Gasteiger partial charge in [-0.25, -0.2) is 4.98 Å². The van der Waals surface area contributed by atoms with Gasteiger partial charge < -0.3 is 9.67 Å². The van der Waals surface area contributed by atoms with E-state index in [1.165, 1.54) is 0 Å². The van der Waals surface area contributed by atoms with Crippen LogP contribution in [0.2, 0.25) is 0 Å². The molecule has 0 saturated heterocycles. The largest absolute Gasteiger partial charge is 0.386 e. The van der Waals surface area contributed by atoms with E-state index in [-0.39, 0.29) is 5.41 Å². The van der Waals surface area contributed by atoms with Gasteiger partial charge in [0.15, 0.2) is 0 Å². The fourth-order valence-electron chi connectivity index (χ4n) is 2.24. The predicted molar refractivity (Wildman–Crippen MR) is 74.7 cm³/mol. The highest BCUT2D eigenvalue weighted by molar-refractivity contribution is 5.77. The molecule has 0 unspecified atom stereocenters. The van der Waals surface area contributed by atoms with Crippen LogP contribution in [-0.4, -0.2) is 14.7 Å². The molecule has 0 aliphatic rings. The van der Waals surface area contributed by atoms with Gasteiger partial charge in [-0.3, -0.25) is 0 Å². The Labute approximate surface area is 108 Å². The summed E-state index contributed by atoms with van der Waals surface area (Å²) < 4.78 is 2.12. The number of aliphatic hydroxyl groups is 1. The third-order valence-electron chi connectivity index (χ3n) is 3.26. The standard InChI is InChI=1S/C15H22N2O/c1-14(2,3)13-16-11-8-7-10(15(4,5)18)9-12(11)17(13)6/h7-9,18H,1-6H3. The van der Waals surface area contributed by atoms with E-state index in [0.717, 1.165) is 22.4 Å². The van der Waals surface area contributed by atoms with Crippen LogP contribution < -0.4 is 0 Å². The highest BCUT2D eigenvalue weighted by Crippen LogP contribution is 2.28. The van der Waals surface area contributed by atoms with E-state index in [9.17, 15) is 5.11 Å². The Morgan fingerprint density at radius 1 is 1.11 bits per heavy atom. The molecular weight excluding hydrogens is 224 g/mol. The fraction of sp³-hybridized carbons (Fsp3) is 0.533. The number of aromatic nitrogens is 2. The van der Waals surface area contributed by atoms with E-state index in [0.29, 0.717) is 0 Å². The van der Waals surface area contributed by atoms with Gasteiger partial charge in [0.2, 0.25) is 0 Å². The lowest BCUT2D eigenvalue weighted by atomic mass is 9.96. The molecule has 0 fully saturated rings. The first-order valence-corrected chi connectivity index (χ1v) is 6.30. The number of benzene rings is 1. The maximum absolute atomic E-state index is 10.1. The maximum atomic E-state index is 10.1. The van der Waals surface area contributed by atoms with Crippen LogP contribution in [0.25, 0.3) is 11.0 Å². The Hall–Kier alpha value is -1.35. The maximum Gasteiger partial charge on any atom is 0.115 e. The lowest BCUT2D eigenvalue weighted by Gasteiger charge is -2.19. The van der Waals surface area contributed by atoms with E-state index in [2.05, 4.69) is 30.3 Å². The molecule has 0 atom stereocenters. The third kappa shape index (κ3) is 2.15. The fourth-order valence-corrected chi connectivity index (χ4v) is 2.24. The molecule has 98 valence electrons. The molecule has 0 radical (unpaired) electrons. The van der Waals surface area contributed by atoms with Crippen molar-refractivity contribution in [3.8, 4) is 0 Å². The van der Waals surface area contributed by atoms with Crippen molar-refractivity contribution in [2.24, 2.45) is 7.05 Å². The zero-order chi connectivity index (χ0) is 13.7. The van der Waals surface area contributed by atoms with Crippen molar-refractivity contribution >= 4 is 11.0 Å². The van der Waals surface area contributed by atoms with Crippen LogP contribution in [0.3, 0.4) is 0 Å². The van der Waals surface area contributed by atoms with Gasteiger partial charge in [-0.1, -0.05) is 26.8 Å². The summed E-state index contributed by atoms with van der Waals surface area (Å²) in [5.74, 6) is 1.06. The molecule has 1 aromatic heterocycles. The third-order valence-corrected chi connectivity index (χ3v) is 3.26. The minimum absolute atomic E-state index is 0.0165. The van der Waals surface area contributed by atoms with Crippen LogP contribution in [-0.2, 0) is 18.1 Å². The summed E-state index contributed by atoms with van der Waals surface area (Å²) in [6.45, 7) is 10.1. The van der Waals surface area contributed by atoms with Crippen LogP contribution >= 0.6 is 0 Å².